The molecule has 1 saturated heterocycles. The molecule has 1 heterocycles. The van der Waals surface area contributed by atoms with Crippen LogP contribution in [0.5, 0.6) is 5.75 Å². The highest BCUT2D eigenvalue weighted by atomic mass is 19.4. The highest BCUT2D eigenvalue weighted by molar-refractivity contribution is 5.68. The van der Waals surface area contributed by atoms with E-state index in [1.807, 2.05) is 19.1 Å². The van der Waals surface area contributed by atoms with Crippen molar-refractivity contribution in [3.63, 3.8) is 0 Å². The number of carbonyl (C=O) groups is 1. The topological polar surface area (TPSA) is 59.0 Å². The Labute approximate surface area is 173 Å². The Morgan fingerprint density at radius 2 is 1.93 bits per heavy atom. The highest BCUT2D eigenvalue weighted by Crippen LogP contribution is 2.36. The summed E-state index contributed by atoms with van der Waals surface area (Å²) >= 11 is 0. The van der Waals surface area contributed by atoms with Gasteiger partial charge in [0.25, 0.3) is 0 Å². The fourth-order valence-electron chi connectivity index (χ4n) is 3.63. The summed E-state index contributed by atoms with van der Waals surface area (Å²) in [6.07, 6.45) is -4.35. The number of hydrogen-bond acceptors (Lipinski definition) is 4. The summed E-state index contributed by atoms with van der Waals surface area (Å²) in [5.41, 5.74) is 0.548. The molecule has 0 amide bonds. The lowest BCUT2D eigenvalue weighted by Gasteiger charge is -2.37. The van der Waals surface area contributed by atoms with E-state index >= 15 is 0 Å². The normalized spacial score (nSPS) is 18.7. The number of carboxylic acid groups (broad SMARTS) is 1. The average molecular weight is 423 g/mol. The molecule has 0 radical (unpaired) electrons. The largest absolute Gasteiger partial charge is 0.482 e. The van der Waals surface area contributed by atoms with Gasteiger partial charge in [0.15, 0.2) is 6.61 Å². The van der Waals surface area contributed by atoms with Crippen LogP contribution in [-0.4, -0.2) is 48.3 Å². The summed E-state index contributed by atoms with van der Waals surface area (Å²) in [6, 6.07) is 12.8. The first-order chi connectivity index (χ1) is 14.2. The smallest absolute Gasteiger partial charge is 0.416 e. The standard InChI is InChI=1S/C22H24F3NO4/c1-15(12-16-6-8-17(9-7-16)30-14-21(27)28)26-10-11-29-20(13-26)18-4-2-3-5-19(18)22(23,24)25/h2-9,15,20H,10-14H2,1H3,(H,27,28). The van der Waals surface area contributed by atoms with Gasteiger partial charge >= 0.3 is 12.1 Å². The lowest BCUT2D eigenvalue weighted by atomic mass is 9.99. The Bertz CT molecular complexity index is 854. The second-order valence-corrected chi connectivity index (χ2v) is 7.32. The van der Waals surface area contributed by atoms with Gasteiger partial charge in [0.2, 0.25) is 0 Å². The first-order valence-corrected chi connectivity index (χ1v) is 9.69. The molecule has 3 rings (SSSR count). The molecule has 1 aliphatic rings. The molecular formula is C22H24F3NO4. The third kappa shape index (κ3) is 5.73. The van der Waals surface area contributed by atoms with Gasteiger partial charge in [0, 0.05) is 19.1 Å². The molecule has 0 aromatic heterocycles. The summed E-state index contributed by atoms with van der Waals surface area (Å²) in [4.78, 5) is 12.7. The van der Waals surface area contributed by atoms with Gasteiger partial charge in [-0.25, -0.2) is 4.79 Å². The van der Waals surface area contributed by atoms with Crippen molar-refractivity contribution in [1.82, 2.24) is 4.90 Å². The molecule has 2 aromatic carbocycles. The van der Waals surface area contributed by atoms with Crippen LogP contribution in [0.2, 0.25) is 0 Å². The molecule has 0 bridgehead atoms. The van der Waals surface area contributed by atoms with Crippen molar-refractivity contribution in [2.45, 2.75) is 31.7 Å². The Morgan fingerprint density at radius 3 is 2.60 bits per heavy atom. The van der Waals surface area contributed by atoms with Crippen molar-refractivity contribution in [2.75, 3.05) is 26.3 Å². The summed E-state index contributed by atoms with van der Waals surface area (Å²) < 4.78 is 50.9. The van der Waals surface area contributed by atoms with Gasteiger partial charge in [-0.05, 0) is 42.7 Å². The summed E-state index contributed by atoms with van der Waals surface area (Å²) in [5.74, 6) is -0.564. The predicted octanol–water partition coefficient (Wildman–Crippen LogP) is 4.17. The molecule has 0 spiro atoms. The molecule has 0 aliphatic carbocycles. The number of hydrogen-bond donors (Lipinski definition) is 1. The van der Waals surface area contributed by atoms with E-state index in [4.69, 9.17) is 14.6 Å². The van der Waals surface area contributed by atoms with Crippen LogP contribution in [0, 0.1) is 0 Å². The third-order valence-corrected chi connectivity index (χ3v) is 5.15. The number of rotatable bonds is 7. The van der Waals surface area contributed by atoms with Gasteiger partial charge in [-0.15, -0.1) is 0 Å². The average Bonchev–Trinajstić information content (AvgIpc) is 2.72. The van der Waals surface area contributed by atoms with Crippen LogP contribution in [0.3, 0.4) is 0 Å². The number of aliphatic carboxylic acids is 1. The SMILES string of the molecule is CC(Cc1ccc(OCC(=O)O)cc1)N1CCOC(c2ccccc2C(F)(F)F)C1. The van der Waals surface area contributed by atoms with E-state index in [-0.39, 0.29) is 11.6 Å². The Balaban J connectivity index is 1.64. The van der Waals surface area contributed by atoms with Crippen molar-refractivity contribution >= 4 is 5.97 Å². The first kappa shape index (κ1) is 22.1. The van der Waals surface area contributed by atoms with Crippen LogP contribution in [0.1, 0.15) is 29.7 Å². The van der Waals surface area contributed by atoms with Crippen molar-refractivity contribution in [3.8, 4) is 5.75 Å². The van der Waals surface area contributed by atoms with Gasteiger partial charge in [-0.1, -0.05) is 30.3 Å². The molecule has 0 saturated carbocycles. The Kier molecular flexibility index (Phi) is 6.99. The van der Waals surface area contributed by atoms with E-state index in [0.717, 1.165) is 11.6 Å². The zero-order valence-corrected chi connectivity index (χ0v) is 16.6. The van der Waals surface area contributed by atoms with E-state index in [1.165, 1.54) is 12.1 Å². The highest BCUT2D eigenvalue weighted by Gasteiger charge is 2.36. The maximum atomic E-state index is 13.4. The predicted molar refractivity (Wildman–Crippen MR) is 104 cm³/mol. The van der Waals surface area contributed by atoms with E-state index in [0.29, 0.717) is 31.9 Å². The van der Waals surface area contributed by atoms with Crippen molar-refractivity contribution < 1.29 is 32.5 Å². The first-order valence-electron chi connectivity index (χ1n) is 9.69. The molecule has 162 valence electrons. The van der Waals surface area contributed by atoms with Crippen LogP contribution >= 0.6 is 0 Å². The minimum absolute atomic E-state index is 0.0974. The zero-order valence-electron chi connectivity index (χ0n) is 16.6. The number of morpholine rings is 1. The minimum Gasteiger partial charge on any atom is -0.482 e. The molecule has 2 unspecified atom stereocenters. The number of benzene rings is 2. The Morgan fingerprint density at radius 1 is 1.23 bits per heavy atom. The monoisotopic (exact) mass is 423 g/mol. The van der Waals surface area contributed by atoms with E-state index in [2.05, 4.69) is 4.90 Å². The van der Waals surface area contributed by atoms with Gasteiger partial charge in [0.1, 0.15) is 5.75 Å². The summed E-state index contributed by atoms with van der Waals surface area (Å²) in [6.45, 7) is 3.03. The number of alkyl halides is 3. The molecule has 1 aliphatic heterocycles. The lowest BCUT2D eigenvalue weighted by Crippen LogP contribution is -2.44. The van der Waals surface area contributed by atoms with Crippen LogP contribution in [-0.2, 0) is 22.1 Å². The van der Waals surface area contributed by atoms with E-state index in [1.54, 1.807) is 18.2 Å². The maximum Gasteiger partial charge on any atom is 0.416 e. The molecular weight excluding hydrogens is 399 g/mol. The Hall–Kier alpha value is -2.58. The van der Waals surface area contributed by atoms with Crippen molar-refractivity contribution in [1.29, 1.82) is 0 Å². The number of nitrogens with zero attached hydrogens (tertiary/aromatic N) is 1. The summed E-state index contributed by atoms with van der Waals surface area (Å²) in [7, 11) is 0. The quantitative estimate of drug-likeness (QED) is 0.724. The molecule has 2 aromatic rings. The molecule has 30 heavy (non-hydrogen) atoms. The lowest BCUT2D eigenvalue weighted by molar-refractivity contribution is -0.141. The third-order valence-electron chi connectivity index (χ3n) is 5.15. The van der Waals surface area contributed by atoms with E-state index < -0.39 is 30.4 Å². The van der Waals surface area contributed by atoms with Crippen molar-refractivity contribution in [2.24, 2.45) is 0 Å². The van der Waals surface area contributed by atoms with Crippen LogP contribution in [0.25, 0.3) is 0 Å². The van der Waals surface area contributed by atoms with Gasteiger partial charge in [0.05, 0.1) is 18.3 Å². The van der Waals surface area contributed by atoms with Gasteiger partial charge in [-0.2, -0.15) is 13.2 Å². The van der Waals surface area contributed by atoms with Crippen LogP contribution in [0.15, 0.2) is 48.5 Å². The minimum atomic E-state index is -4.42. The fraction of sp³-hybridized carbons (Fsp3) is 0.409. The number of carboxylic acids is 1. The second-order valence-electron chi connectivity index (χ2n) is 7.32. The zero-order chi connectivity index (χ0) is 21.7. The molecule has 5 nitrogen and oxygen atoms in total. The maximum absolute atomic E-state index is 13.4. The van der Waals surface area contributed by atoms with Crippen LogP contribution < -0.4 is 4.74 Å². The number of halogens is 3. The molecule has 2 atom stereocenters. The van der Waals surface area contributed by atoms with Crippen LogP contribution in [0.4, 0.5) is 13.2 Å². The van der Waals surface area contributed by atoms with Crippen molar-refractivity contribution in [3.05, 3.63) is 65.2 Å². The van der Waals surface area contributed by atoms with Gasteiger partial charge in [-0.3, -0.25) is 4.90 Å². The van der Waals surface area contributed by atoms with Gasteiger partial charge < -0.3 is 14.6 Å². The second kappa shape index (κ2) is 9.49. The molecule has 8 heteroatoms. The summed E-state index contributed by atoms with van der Waals surface area (Å²) in [5, 5.41) is 8.65. The fourth-order valence-corrected chi connectivity index (χ4v) is 3.63. The molecule has 1 N–H and O–H groups in total. The number of ether oxygens (including phenoxy) is 2. The van der Waals surface area contributed by atoms with E-state index in [9.17, 15) is 18.0 Å². The molecule has 1 fully saturated rings.